The minimum Gasteiger partial charge on any atom is -0.273 e. The lowest BCUT2D eigenvalue weighted by atomic mass is 9.93. The summed E-state index contributed by atoms with van der Waals surface area (Å²) in [6.07, 6.45) is 4.05. The van der Waals surface area contributed by atoms with Gasteiger partial charge in [-0.05, 0) is 30.4 Å². The molecule has 1 aliphatic rings. The lowest BCUT2D eigenvalue weighted by Crippen LogP contribution is -2.31. The zero-order valence-electron chi connectivity index (χ0n) is 11.2. The zero-order valence-corrected chi connectivity index (χ0v) is 12.7. The lowest BCUT2D eigenvalue weighted by molar-refractivity contribution is -0.121. The van der Waals surface area contributed by atoms with Crippen LogP contribution in [0.1, 0.15) is 37.3 Å². The van der Waals surface area contributed by atoms with Gasteiger partial charge in [-0.15, -0.1) is 0 Å². The van der Waals surface area contributed by atoms with Gasteiger partial charge in [0.2, 0.25) is 5.91 Å². The van der Waals surface area contributed by atoms with Gasteiger partial charge < -0.3 is 0 Å². The molecule has 0 bridgehead atoms. The van der Waals surface area contributed by atoms with Crippen LogP contribution in [0.2, 0.25) is 0 Å². The highest BCUT2D eigenvalue weighted by Crippen LogP contribution is 2.17. The van der Waals surface area contributed by atoms with Gasteiger partial charge in [-0.25, -0.2) is 5.43 Å². The van der Waals surface area contributed by atoms with E-state index in [1.165, 1.54) is 18.4 Å². The van der Waals surface area contributed by atoms with E-state index in [0.29, 0.717) is 6.42 Å². The molecule has 19 heavy (non-hydrogen) atoms. The SMILES string of the molecule is CC1CC(=O)NN=C1c1ccc(CCCCBr)cc1. The van der Waals surface area contributed by atoms with Crippen LogP contribution >= 0.6 is 15.9 Å². The van der Waals surface area contributed by atoms with Gasteiger partial charge >= 0.3 is 0 Å². The number of alkyl halides is 1. The molecule has 0 saturated carbocycles. The Balaban J connectivity index is 2.04. The van der Waals surface area contributed by atoms with Gasteiger partial charge in [-0.2, -0.15) is 5.10 Å². The number of nitrogens with zero attached hydrogens (tertiary/aromatic N) is 1. The van der Waals surface area contributed by atoms with Crippen LogP contribution in [0.25, 0.3) is 0 Å². The molecule has 102 valence electrons. The van der Waals surface area contributed by atoms with Crippen LogP contribution in [0.4, 0.5) is 0 Å². The quantitative estimate of drug-likeness (QED) is 0.656. The summed E-state index contributed by atoms with van der Waals surface area (Å²) in [5, 5.41) is 5.25. The molecule has 0 spiro atoms. The van der Waals surface area contributed by atoms with Crippen molar-refractivity contribution >= 4 is 27.5 Å². The Kier molecular flexibility index (Phi) is 5.14. The summed E-state index contributed by atoms with van der Waals surface area (Å²) in [6.45, 7) is 2.04. The molecule has 3 nitrogen and oxygen atoms in total. The van der Waals surface area contributed by atoms with Gasteiger partial charge in [0, 0.05) is 17.7 Å². The Morgan fingerprint density at radius 3 is 2.68 bits per heavy atom. The van der Waals surface area contributed by atoms with Crippen molar-refractivity contribution in [1.29, 1.82) is 0 Å². The summed E-state index contributed by atoms with van der Waals surface area (Å²) in [6, 6.07) is 8.54. The van der Waals surface area contributed by atoms with Crippen molar-refractivity contribution in [3.8, 4) is 0 Å². The van der Waals surface area contributed by atoms with Gasteiger partial charge in [0.15, 0.2) is 0 Å². The maximum Gasteiger partial charge on any atom is 0.240 e. The number of benzene rings is 1. The minimum atomic E-state index is 0.00245. The van der Waals surface area contributed by atoms with Gasteiger partial charge in [-0.3, -0.25) is 4.79 Å². The number of hydrazone groups is 1. The summed E-state index contributed by atoms with van der Waals surface area (Å²) >= 11 is 3.45. The maximum atomic E-state index is 11.2. The number of unbranched alkanes of at least 4 members (excludes halogenated alkanes) is 1. The number of rotatable bonds is 5. The number of hydrogen-bond donors (Lipinski definition) is 1. The highest BCUT2D eigenvalue weighted by Gasteiger charge is 2.21. The van der Waals surface area contributed by atoms with Crippen LogP contribution < -0.4 is 5.43 Å². The number of amides is 1. The molecule has 0 fully saturated rings. The first-order valence-electron chi connectivity index (χ1n) is 6.72. The molecule has 1 heterocycles. The first-order chi connectivity index (χ1) is 9.20. The molecule has 1 atom stereocenters. The minimum absolute atomic E-state index is 0.00245. The topological polar surface area (TPSA) is 41.5 Å². The molecule has 0 saturated heterocycles. The molecule has 0 aliphatic carbocycles. The fourth-order valence-electron chi connectivity index (χ4n) is 2.27. The largest absolute Gasteiger partial charge is 0.273 e. The standard InChI is InChI=1S/C15H19BrN2O/c1-11-10-14(19)17-18-15(11)13-7-5-12(6-8-13)4-2-3-9-16/h5-8,11H,2-4,9-10H2,1H3,(H,17,19). The van der Waals surface area contributed by atoms with E-state index in [4.69, 9.17) is 0 Å². The Morgan fingerprint density at radius 2 is 2.05 bits per heavy atom. The third kappa shape index (κ3) is 3.90. The monoisotopic (exact) mass is 322 g/mol. The van der Waals surface area contributed by atoms with Crippen LogP contribution in [0.3, 0.4) is 0 Å². The van der Waals surface area contributed by atoms with Crippen LogP contribution in [0.5, 0.6) is 0 Å². The number of carbonyl (C=O) groups is 1. The highest BCUT2D eigenvalue weighted by atomic mass is 79.9. The molecule has 1 aromatic rings. The van der Waals surface area contributed by atoms with E-state index in [9.17, 15) is 4.79 Å². The smallest absolute Gasteiger partial charge is 0.240 e. The molecule has 1 unspecified atom stereocenters. The summed E-state index contributed by atoms with van der Waals surface area (Å²) in [5.41, 5.74) is 6.01. The maximum absolute atomic E-state index is 11.2. The first kappa shape index (κ1) is 14.3. The van der Waals surface area contributed by atoms with Crippen molar-refractivity contribution in [1.82, 2.24) is 5.43 Å². The molecule has 0 aromatic heterocycles. The second-order valence-electron chi connectivity index (χ2n) is 4.98. The van der Waals surface area contributed by atoms with Crippen molar-refractivity contribution < 1.29 is 4.79 Å². The van der Waals surface area contributed by atoms with E-state index in [1.54, 1.807) is 0 Å². The third-order valence-electron chi connectivity index (χ3n) is 3.36. The van der Waals surface area contributed by atoms with Crippen LogP contribution in [-0.4, -0.2) is 16.9 Å². The molecule has 1 aromatic carbocycles. The lowest BCUT2D eigenvalue weighted by Gasteiger charge is -2.19. The van der Waals surface area contributed by atoms with E-state index >= 15 is 0 Å². The summed E-state index contributed by atoms with van der Waals surface area (Å²) < 4.78 is 0. The molecule has 1 N–H and O–H groups in total. The summed E-state index contributed by atoms with van der Waals surface area (Å²) in [4.78, 5) is 11.2. The van der Waals surface area contributed by atoms with Crippen LogP contribution in [-0.2, 0) is 11.2 Å². The van der Waals surface area contributed by atoms with Gasteiger partial charge in [0.25, 0.3) is 0 Å². The second kappa shape index (κ2) is 6.85. The second-order valence-corrected chi connectivity index (χ2v) is 5.77. The normalized spacial score (nSPS) is 18.9. The van der Waals surface area contributed by atoms with E-state index in [-0.39, 0.29) is 11.8 Å². The Hall–Kier alpha value is -1.16. The number of carbonyl (C=O) groups excluding carboxylic acids is 1. The van der Waals surface area contributed by atoms with Crippen molar-refractivity contribution in [2.24, 2.45) is 11.0 Å². The molecular formula is C15H19BrN2O. The average molecular weight is 323 g/mol. The van der Waals surface area contributed by atoms with Gasteiger partial charge in [0.05, 0.1) is 5.71 Å². The molecule has 2 rings (SSSR count). The van der Waals surface area contributed by atoms with E-state index in [1.807, 2.05) is 6.92 Å². The fourth-order valence-corrected chi connectivity index (χ4v) is 2.66. The Labute approximate surface area is 122 Å². The fraction of sp³-hybridized carbons (Fsp3) is 0.467. The van der Waals surface area contributed by atoms with Gasteiger partial charge in [0.1, 0.15) is 0 Å². The Bertz CT molecular complexity index is 468. The number of nitrogens with one attached hydrogen (secondary N) is 1. The highest BCUT2D eigenvalue weighted by molar-refractivity contribution is 9.09. The molecule has 0 radical (unpaired) electrons. The molecule has 1 amide bonds. The van der Waals surface area contributed by atoms with E-state index < -0.39 is 0 Å². The van der Waals surface area contributed by atoms with Crippen LogP contribution in [0.15, 0.2) is 29.4 Å². The van der Waals surface area contributed by atoms with E-state index in [2.05, 4.69) is 50.7 Å². The van der Waals surface area contributed by atoms with Crippen molar-refractivity contribution in [3.05, 3.63) is 35.4 Å². The van der Waals surface area contributed by atoms with Crippen LogP contribution in [0, 0.1) is 5.92 Å². The van der Waals surface area contributed by atoms with E-state index in [0.717, 1.165) is 23.0 Å². The number of aryl methyl sites for hydroxylation is 1. The van der Waals surface area contributed by atoms with Crippen molar-refractivity contribution in [2.75, 3.05) is 5.33 Å². The average Bonchev–Trinajstić information content (AvgIpc) is 2.40. The summed E-state index contributed by atoms with van der Waals surface area (Å²) in [7, 11) is 0. The zero-order chi connectivity index (χ0) is 13.7. The van der Waals surface area contributed by atoms with Crippen molar-refractivity contribution in [3.63, 3.8) is 0 Å². The predicted octanol–water partition coefficient (Wildman–Crippen LogP) is 3.26. The molecule has 1 aliphatic heterocycles. The van der Waals surface area contributed by atoms with Gasteiger partial charge in [-0.1, -0.05) is 47.1 Å². The molecule has 4 heteroatoms. The summed E-state index contributed by atoms with van der Waals surface area (Å²) in [5.74, 6) is 0.190. The molecular weight excluding hydrogens is 304 g/mol. The first-order valence-corrected chi connectivity index (χ1v) is 7.84. The predicted molar refractivity (Wildman–Crippen MR) is 81.6 cm³/mol. The third-order valence-corrected chi connectivity index (χ3v) is 3.92. The number of halogens is 1. The number of hydrogen-bond acceptors (Lipinski definition) is 2. The van der Waals surface area contributed by atoms with Crippen molar-refractivity contribution in [2.45, 2.75) is 32.6 Å². The Morgan fingerprint density at radius 1 is 1.32 bits per heavy atom.